The van der Waals surface area contributed by atoms with Gasteiger partial charge in [0.2, 0.25) is 17.7 Å². The van der Waals surface area contributed by atoms with Crippen LogP contribution in [0.2, 0.25) is 0 Å². The van der Waals surface area contributed by atoms with E-state index in [4.69, 9.17) is 4.42 Å². The number of rotatable bonds is 7. The first-order chi connectivity index (χ1) is 13.4. The fraction of sp³-hybridized carbons (Fsp3) is 0.389. The van der Waals surface area contributed by atoms with Crippen LogP contribution in [0.1, 0.15) is 23.4 Å². The summed E-state index contributed by atoms with van der Waals surface area (Å²) in [5.74, 6) is 0.0955. The predicted molar refractivity (Wildman–Crippen MR) is 103 cm³/mol. The summed E-state index contributed by atoms with van der Waals surface area (Å²) in [6, 6.07) is 5.34. The molecule has 148 valence electrons. The Labute approximate surface area is 166 Å². The lowest BCUT2D eigenvalue weighted by Gasteiger charge is -2.25. The zero-order valence-electron chi connectivity index (χ0n) is 15.7. The minimum absolute atomic E-state index is 0.145. The Morgan fingerprint density at radius 3 is 2.93 bits per heavy atom. The lowest BCUT2D eigenvalue weighted by atomic mass is 10.1. The third kappa shape index (κ3) is 5.10. The zero-order valence-corrected chi connectivity index (χ0v) is 16.5. The van der Waals surface area contributed by atoms with Gasteiger partial charge < -0.3 is 14.6 Å². The summed E-state index contributed by atoms with van der Waals surface area (Å²) in [6.45, 7) is 4.70. The number of carbonyl (C=O) groups excluding carboxylic acids is 3. The van der Waals surface area contributed by atoms with Gasteiger partial charge in [-0.05, 0) is 31.0 Å². The van der Waals surface area contributed by atoms with E-state index in [1.165, 1.54) is 4.90 Å². The highest BCUT2D eigenvalue weighted by molar-refractivity contribution is 7.99. The second-order valence-corrected chi connectivity index (χ2v) is 7.31. The van der Waals surface area contributed by atoms with Crippen molar-refractivity contribution in [1.29, 1.82) is 0 Å². The molecule has 4 amide bonds. The van der Waals surface area contributed by atoms with Gasteiger partial charge in [-0.15, -0.1) is 10.2 Å². The average molecular weight is 403 g/mol. The molecule has 1 aromatic carbocycles. The van der Waals surface area contributed by atoms with Crippen molar-refractivity contribution >= 4 is 35.3 Å². The van der Waals surface area contributed by atoms with Gasteiger partial charge >= 0.3 is 6.03 Å². The Kier molecular flexibility index (Phi) is 6.30. The Morgan fingerprint density at radius 1 is 1.32 bits per heavy atom. The molecule has 1 aromatic heterocycles. The molecule has 1 aliphatic heterocycles. The molecule has 0 radical (unpaired) electrons. The molecule has 0 saturated carbocycles. The second-order valence-electron chi connectivity index (χ2n) is 6.39. The van der Waals surface area contributed by atoms with E-state index in [1.54, 1.807) is 0 Å². The highest BCUT2D eigenvalue weighted by atomic mass is 32.2. The maximum Gasteiger partial charge on any atom is 0.324 e. The minimum atomic E-state index is -0.409. The normalized spacial score (nSPS) is 14.1. The summed E-state index contributed by atoms with van der Waals surface area (Å²) < 4.78 is 5.51. The summed E-state index contributed by atoms with van der Waals surface area (Å²) >= 11 is 1.15. The Morgan fingerprint density at radius 2 is 2.14 bits per heavy atom. The highest BCUT2D eigenvalue weighted by Gasteiger charge is 2.23. The number of nitrogens with zero attached hydrogens (tertiary/aromatic N) is 3. The molecule has 10 heteroatoms. The molecule has 3 rings (SSSR count). The molecule has 2 aromatic rings. The third-order valence-electron chi connectivity index (χ3n) is 4.39. The number of benzene rings is 1. The number of thioether (sulfide) groups is 1. The molecular formula is C18H21N5O4S. The molecule has 0 unspecified atom stereocenters. The smallest absolute Gasteiger partial charge is 0.324 e. The maximum atomic E-state index is 12.2. The van der Waals surface area contributed by atoms with Gasteiger partial charge in [0.25, 0.3) is 5.22 Å². The van der Waals surface area contributed by atoms with E-state index >= 15 is 0 Å². The number of hydrogen-bond donors (Lipinski definition) is 2. The molecule has 28 heavy (non-hydrogen) atoms. The fourth-order valence-electron chi connectivity index (χ4n) is 2.64. The summed E-state index contributed by atoms with van der Waals surface area (Å²) in [7, 11) is 0. The molecule has 0 spiro atoms. The van der Waals surface area contributed by atoms with Crippen molar-refractivity contribution in [3.63, 3.8) is 0 Å². The van der Waals surface area contributed by atoms with Crippen LogP contribution in [-0.2, 0) is 16.0 Å². The summed E-state index contributed by atoms with van der Waals surface area (Å²) in [5.41, 5.74) is 2.93. The minimum Gasteiger partial charge on any atom is -0.416 e. The van der Waals surface area contributed by atoms with Gasteiger partial charge in [0.15, 0.2) is 0 Å². The van der Waals surface area contributed by atoms with Gasteiger partial charge in [0, 0.05) is 31.6 Å². The topological polar surface area (TPSA) is 117 Å². The first kappa shape index (κ1) is 19.9. The van der Waals surface area contributed by atoms with E-state index in [0.29, 0.717) is 30.6 Å². The molecule has 1 saturated heterocycles. The van der Waals surface area contributed by atoms with Gasteiger partial charge in [0.1, 0.15) is 0 Å². The second kappa shape index (κ2) is 8.87. The number of aryl methyl sites for hydroxylation is 1. The standard InChI is InChI=1S/C18H21N5O4S/c1-11-4-3-5-13(12(11)2)19-15(25)10-28-18-22-21-16(27-18)7-9-23-8-6-14(24)20-17(23)26/h3-5H,6-10H2,1-2H3,(H,19,25)(H,20,24,26). The van der Waals surface area contributed by atoms with Crippen molar-refractivity contribution in [3.8, 4) is 0 Å². The van der Waals surface area contributed by atoms with Crippen LogP contribution < -0.4 is 10.6 Å². The van der Waals surface area contributed by atoms with Crippen LogP contribution in [0.4, 0.5) is 10.5 Å². The molecule has 2 heterocycles. The quantitative estimate of drug-likeness (QED) is 0.678. The van der Waals surface area contributed by atoms with E-state index in [0.717, 1.165) is 28.6 Å². The third-order valence-corrected chi connectivity index (χ3v) is 5.21. The average Bonchev–Trinajstić information content (AvgIpc) is 3.11. The maximum absolute atomic E-state index is 12.2. The lowest BCUT2D eigenvalue weighted by Crippen LogP contribution is -2.49. The monoisotopic (exact) mass is 403 g/mol. The van der Waals surface area contributed by atoms with Crippen molar-refractivity contribution in [2.24, 2.45) is 0 Å². The number of nitrogens with one attached hydrogen (secondary N) is 2. The van der Waals surface area contributed by atoms with E-state index in [9.17, 15) is 14.4 Å². The molecule has 0 atom stereocenters. The van der Waals surface area contributed by atoms with Crippen LogP contribution in [0.5, 0.6) is 0 Å². The fourth-order valence-corrected chi connectivity index (χ4v) is 3.22. The summed E-state index contributed by atoms with van der Waals surface area (Å²) in [4.78, 5) is 36.5. The van der Waals surface area contributed by atoms with Crippen LogP contribution in [0.15, 0.2) is 27.8 Å². The lowest BCUT2D eigenvalue weighted by molar-refractivity contribution is -0.121. The van der Waals surface area contributed by atoms with E-state index in [-0.39, 0.29) is 24.0 Å². The van der Waals surface area contributed by atoms with E-state index in [1.807, 2.05) is 32.0 Å². The van der Waals surface area contributed by atoms with Gasteiger partial charge in [0.05, 0.1) is 5.75 Å². The van der Waals surface area contributed by atoms with Crippen LogP contribution >= 0.6 is 11.8 Å². The number of urea groups is 1. The van der Waals surface area contributed by atoms with Gasteiger partial charge in [-0.3, -0.25) is 14.9 Å². The van der Waals surface area contributed by atoms with Crippen LogP contribution in [0.3, 0.4) is 0 Å². The number of amides is 4. The van der Waals surface area contributed by atoms with E-state index < -0.39 is 6.03 Å². The van der Waals surface area contributed by atoms with E-state index in [2.05, 4.69) is 20.8 Å². The van der Waals surface area contributed by atoms with Crippen molar-refractivity contribution in [2.75, 3.05) is 24.2 Å². The molecule has 9 nitrogen and oxygen atoms in total. The summed E-state index contributed by atoms with van der Waals surface area (Å²) in [5, 5.41) is 13.3. The Balaban J connectivity index is 1.45. The predicted octanol–water partition coefficient (Wildman–Crippen LogP) is 1.90. The zero-order chi connectivity index (χ0) is 20.1. The number of hydrogen-bond acceptors (Lipinski definition) is 7. The van der Waals surface area contributed by atoms with Crippen molar-refractivity contribution in [2.45, 2.75) is 31.9 Å². The SMILES string of the molecule is Cc1cccc(NC(=O)CSc2nnc(CCN3CCC(=O)NC3=O)o2)c1C. The molecule has 0 bridgehead atoms. The number of carbonyl (C=O) groups is 3. The van der Waals surface area contributed by atoms with Gasteiger partial charge in [-0.1, -0.05) is 23.9 Å². The Bertz CT molecular complexity index is 898. The van der Waals surface area contributed by atoms with Crippen molar-refractivity contribution < 1.29 is 18.8 Å². The van der Waals surface area contributed by atoms with Crippen LogP contribution in [0, 0.1) is 13.8 Å². The highest BCUT2D eigenvalue weighted by Crippen LogP contribution is 2.20. The van der Waals surface area contributed by atoms with Crippen LogP contribution in [0.25, 0.3) is 0 Å². The molecule has 2 N–H and O–H groups in total. The molecular weight excluding hydrogens is 382 g/mol. The summed E-state index contributed by atoms with van der Waals surface area (Å²) in [6.07, 6.45) is 0.663. The number of imide groups is 1. The Hall–Kier alpha value is -2.88. The first-order valence-electron chi connectivity index (χ1n) is 8.82. The molecule has 0 aliphatic carbocycles. The van der Waals surface area contributed by atoms with Gasteiger partial charge in [-0.25, -0.2) is 4.79 Å². The number of anilines is 1. The number of aromatic nitrogens is 2. The van der Waals surface area contributed by atoms with Gasteiger partial charge in [-0.2, -0.15) is 0 Å². The van der Waals surface area contributed by atoms with Crippen molar-refractivity contribution in [3.05, 3.63) is 35.2 Å². The van der Waals surface area contributed by atoms with Crippen molar-refractivity contribution in [1.82, 2.24) is 20.4 Å². The molecule has 1 fully saturated rings. The van der Waals surface area contributed by atoms with Crippen LogP contribution in [-0.4, -0.2) is 51.8 Å². The largest absolute Gasteiger partial charge is 0.416 e. The first-order valence-corrected chi connectivity index (χ1v) is 9.81. The molecule has 1 aliphatic rings.